The summed E-state index contributed by atoms with van der Waals surface area (Å²) in [5.74, 6) is 1.50. The molecule has 19 heavy (non-hydrogen) atoms. The molecule has 0 aromatic heterocycles. The number of ether oxygens (including phenoxy) is 3. The predicted molar refractivity (Wildman–Crippen MR) is 77.0 cm³/mol. The SMILES string of the molecule is COCCOc1cc(CNC(C)(C)C)ccc1OC. The van der Waals surface area contributed by atoms with E-state index in [-0.39, 0.29) is 5.54 Å². The lowest BCUT2D eigenvalue weighted by Crippen LogP contribution is -2.35. The van der Waals surface area contributed by atoms with Crippen molar-refractivity contribution in [3.8, 4) is 11.5 Å². The van der Waals surface area contributed by atoms with Gasteiger partial charge in [0, 0.05) is 19.2 Å². The third-order valence-electron chi connectivity index (χ3n) is 2.60. The van der Waals surface area contributed by atoms with Crippen molar-refractivity contribution < 1.29 is 14.2 Å². The highest BCUT2D eigenvalue weighted by atomic mass is 16.5. The van der Waals surface area contributed by atoms with Gasteiger partial charge in [0.25, 0.3) is 0 Å². The van der Waals surface area contributed by atoms with Crippen molar-refractivity contribution in [3.63, 3.8) is 0 Å². The molecule has 0 aliphatic heterocycles. The van der Waals surface area contributed by atoms with Gasteiger partial charge in [-0.15, -0.1) is 0 Å². The van der Waals surface area contributed by atoms with Crippen LogP contribution in [-0.4, -0.2) is 33.0 Å². The molecule has 1 rings (SSSR count). The second-order valence-electron chi connectivity index (χ2n) is 5.43. The maximum Gasteiger partial charge on any atom is 0.161 e. The Balaban J connectivity index is 2.71. The van der Waals surface area contributed by atoms with Gasteiger partial charge in [-0.05, 0) is 38.5 Å². The third-order valence-corrected chi connectivity index (χ3v) is 2.60. The van der Waals surface area contributed by atoms with Crippen LogP contribution >= 0.6 is 0 Å². The van der Waals surface area contributed by atoms with E-state index >= 15 is 0 Å². The predicted octanol–water partition coefficient (Wildman–Crippen LogP) is 2.61. The number of nitrogens with one attached hydrogen (secondary N) is 1. The van der Waals surface area contributed by atoms with Crippen molar-refractivity contribution in [3.05, 3.63) is 23.8 Å². The fourth-order valence-electron chi connectivity index (χ4n) is 1.55. The molecule has 0 heterocycles. The van der Waals surface area contributed by atoms with Crippen LogP contribution in [0, 0.1) is 0 Å². The fourth-order valence-corrected chi connectivity index (χ4v) is 1.55. The van der Waals surface area contributed by atoms with Gasteiger partial charge in [-0.2, -0.15) is 0 Å². The molecule has 0 saturated heterocycles. The summed E-state index contributed by atoms with van der Waals surface area (Å²) >= 11 is 0. The molecule has 4 heteroatoms. The second kappa shape index (κ2) is 7.36. The van der Waals surface area contributed by atoms with Crippen LogP contribution < -0.4 is 14.8 Å². The summed E-state index contributed by atoms with van der Waals surface area (Å²) in [4.78, 5) is 0. The minimum absolute atomic E-state index is 0.0942. The van der Waals surface area contributed by atoms with Gasteiger partial charge in [0.1, 0.15) is 6.61 Å². The van der Waals surface area contributed by atoms with Crippen LogP contribution in [0.2, 0.25) is 0 Å². The summed E-state index contributed by atoms with van der Waals surface area (Å²) in [6.07, 6.45) is 0. The van der Waals surface area contributed by atoms with E-state index < -0.39 is 0 Å². The molecule has 0 spiro atoms. The number of benzene rings is 1. The van der Waals surface area contributed by atoms with Crippen LogP contribution in [0.1, 0.15) is 26.3 Å². The molecule has 108 valence electrons. The van der Waals surface area contributed by atoms with E-state index in [0.29, 0.717) is 13.2 Å². The summed E-state index contributed by atoms with van der Waals surface area (Å²) in [6, 6.07) is 5.98. The molecule has 0 fully saturated rings. The molecule has 1 aromatic rings. The van der Waals surface area contributed by atoms with E-state index in [2.05, 4.69) is 26.1 Å². The highest BCUT2D eigenvalue weighted by Crippen LogP contribution is 2.28. The number of methoxy groups -OCH3 is 2. The van der Waals surface area contributed by atoms with E-state index in [9.17, 15) is 0 Å². The van der Waals surface area contributed by atoms with Gasteiger partial charge in [-0.25, -0.2) is 0 Å². The number of hydrogen-bond acceptors (Lipinski definition) is 4. The summed E-state index contributed by atoms with van der Waals surface area (Å²) in [5, 5.41) is 3.45. The van der Waals surface area contributed by atoms with Crippen molar-refractivity contribution in [2.45, 2.75) is 32.9 Å². The Morgan fingerprint density at radius 3 is 2.37 bits per heavy atom. The van der Waals surface area contributed by atoms with Gasteiger partial charge in [-0.1, -0.05) is 6.07 Å². The van der Waals surface area contributed by atoms with Gasteiger partial charge >= 0.3 is 0 Å². The van der Waals surface area contributed by atoms with Crippen molar-refractivity contribution in [1.82, 2.24) is 5.32 Å². The fraction of sp³-hybridized carbons (Fsp3) is 0.600. The molecule has 1 aromatic carbocycles. The molecule has 4 nitrogen and oxygen atoms in total. The van der Waals surface area contributed by atoms with Gasteiger partial charge in [0.15, 0.2) is 11.5 Å². The van der Waals surface area contributed by atoms with Crippen molar-refractivity contribution in [2.75, 3.05) is 27.4 Å². The first kappa shape index (κ1) is 15.8. The molecular formula is C15H25NO3. The Morgan fingerprint density at radius 1 is 1.05 bits per heavy atom. The molecule has 0 amide bonds. The maximum atomic E-state index is 5.66. The zero-order chi connectivity index (χ0) is 14.3. The zero-order valence-electron chi connectivity index (χ0n) is 12.6. The molecule has 0 saturated carbocycles. The first-order valence-electron chi connectivity index (χ1n) is 6.50. The van der Waals surface area contributed by atoms with Crippen molar-refractivity contribution >= 4 is 0 Å². The number of hydrogen-bond donors (Lipinski definition) is 1. The maximum absolute atomic E-state index is 5.66. The van der Waals surface area contributed by atoms with Gasteiger partial charge in [0.05, 0.1) is 13.7 Å². The Bertz CT molecular complexity index is 385. The van der Waals surface area contributed by atoms with Gasteiger partial charge in [0.2, 0.25) is 0 Å². The number of rotatable bonds is 7. The Morgan fingerprint density at radius 2 is 1.79 bits per heavy atom. The van der Waals surface area contributed by atoms with Gasteiger partial charge in [-0.3, -0.25) is 0 Å². The lowest BCUT2D eigenvalue weighted by Gasteiger charge is -2.21. The van der Waals surface area contributed by atoms with E-state index in [1.165, 1.54) is 5.56 Å². The molecular weight excluding hydrogens is 242 g/mol. The minimum atomic E-state index is 0.0942. The average molecular weight is 267 g/mol. The van der Waals surface area contributed by atoms with Gasteiger partial charge < -0.3 is 19.5 Å². The lowest BCUT2D eigenvalue weighted by molar-refractivity contribution is 0.144. The first-order valence-corrected chi connectivity index (χ1v) is 6.50. The van der Waals surface area contributed by atoms with Crippen molar-refractivity contribution in [1.29, 1.82) is 0 Å². The standard InChI is InChI=1S/C15H25NO3/c1-15(2,3)16-11-12-6-7-13(18-5)14(10-12)19-9-8-17-4/h6-7,10,16H,8-9,11H2,1-5H3. The summed E-state index contributed by atoms with van der Waals surface area (Å²) in [7, 11) is 3.30. The van der Waals surface area contributed by atoms with E-state index in [0.717, 1.165) is 18.0 Å². The van der Waals surface area contributed by atoms with Crippen LogP contribution in [0.15, 0.2) is 18.2 Å². The molecule has 0 aliphatic carbocycles. The van der Waals surface area contributed by atoms with E-state index in [1.807, 2.05) is 18.2 Å². The molecule has 0 unspecified atom stereocenters. The third kappa shape index (κ3) is 5.94. The monoisotopic (exact) mass is 267 g/mol. The Hall–Kier alpha value is -1.26. The largest absolute Gasteiger partial charge is 0.493 e. The van der Waals surface area contributed by atoms with Crippen LogP contribution in [0.4, 0.5) is 0 Å². The Labute approximate surface area is 116 Å². The normalized spacial score (nSPS) is 11.4. The molecule has 1 N–H and O–H groups in total. The molecule has 0 atom stereocenters. The first-order chi connectivity index (χ1) is 8.96. The van der Waals surface area contributed by atoms with Crippen LogP contribution in [0.5, 0.6) is 11.5 Å². The Kier molecular flexibility index (Phi) is 6.12. The molecule has 0 bridgehead atoms. The smallest absolute Gasteiger partial charge is 0.161 e. The summed E-state index contributed by atoms with van der Waals surface area (Å²) < 4.78 is 15.9. The molecule has 0 radical (unpaired) electrons. The van der Waals surface area contributed by atoms with Crippen LogP contribution in [0.3, 0.4) is 0 Å². The summed E-state index contributed by atoms with van der Waals surface area (Å²) in [6.45, 7) is 8.32. The lowest BCUT2D eigenvalue weighted by atomic mass is 10.1. The van der Waals surface area contributed by atoms with Crippen LogP contribution in [-0.2, 0) is 11.3 Å². The summed E-state index contributed by atoms with van der Waals surface area (Å²) in [5.41, 5.74) is 1.26. The average Bonchev–Trinajstić information content (AvgIpc) is 2.36. The second-order valence-corrected chi connectivity index (χ2v) is 5.43. The van der Waals surface area contributed by atoms with Crippen molar-refractivity contribution in [2.24, 2.45) is 0 Å². The highest BCUT2D eigenvalue weighted by Gasteiger charge is 2.10. The van der Waals surface area contributed by atoms with Crippen LogP contribution in [0.25, 0.3) is 0 Å². The topological polar surface area (TPSA) is 39.7 Å². The minimum Gasteiger partial charge on any atom is -0.493 e. The quantitative estimate of drug-likeness (QED) is 0.771. The zero-order valence-corrected chi connectivity index (χ0v) is 12.6. The highest BCUT2D eigenvalue weighted by molar-refractivity contribution is 5.43. The van der Waals surface area contributed by atoms with E-state index in [4.69, 9.17) is 14.2 Å². The van der Waals surface area contributed by atoms with E-state index in [1.54, 1.807) is 14.2 Å². The molecule has 0 aliphatic rings.